The van der Waals surface area contributed by atoms with Gasteiger partial charge in [-0.1, -0.05) is 6.08 Å². The Hall–Kier alpha value is -3.01. The molecule has 2 heterocycles. The van der Waals surface area contributed by atoms with Gasteiger partial charge >= 0.3 is 17.8 Å². The molecule has 3 rings (SSSR count). The van der Waals surface area contributed by atoms with Crippen LogP contribution >= 0.6 is 0 Å². The highest BCUT2D eigenvalue weighted by Gasteiger charge is 2.44. The standard InChI is InChI=1S/C18H19N3O6S/c1-3-8-19-16(23)17(24)20(18(19)25)11-15(22)13-5-6-14-12(10-13)7-9-21(14)28(26,27)4-2/h3,5-6,10H,1,4,7-9,11H2,2H3. The average Bonchev–Trinajstić information content (AvgIpc) is 3.19. The normalized spacial score (nSPS) is 16.8. The van der Waals surface area contributed by atoms with Crippen molar-refractivity contribution in [2.24, 2.45) is 0 Å². The van der Waals surface area contributed by atoms with E-state index in [1.165, 1.54) is 16.4 Å². The summed E-state index contributed by atoms with van der Waals surface area (Å²) in [5, 5.41) is 0. The van der Waals surface area contributed by atoms with Gasteiger partial charge in [0, 0.05) is 18.7 Å². The maximum absolute atomic E-state index is 12.6. The van der Waals surface area contributed by atoms with Gasteiger partial charge in [0.1, 0.15) is 0 Å². The Balaban J connectivity index is 1.80. The first-order chi connectivity index (χ1) is 13.2. The fraction of sp³-hybridized carbons (Fsp3) is 0.333. The number of benzene rings is 1. The topological polar surface area (TPSA) is 112 Å². The van der Waals surface area contributed by atoms with Crippen molar-refractivity contribution in [3.05, 3.63) is 42.0 Å². The van der Waals surface area contributed by atoms with Crippen LogP contribution in [0.15, 0.2) is 30.9 Å². The molecule has 0 atom stereocenters. The molecule has 1 aromatic carbocycles. The first-order valence-electron chi connectivity index (χ1n) is 8.66. The number of Topliss-reactive ketones (excluding diaryl/α,β-unsaturated/α-hetero) is 1. The van der Waals surface area contributed by atoms with Gasteiger partial charge in [-0.2, -0.15) is 0 Å². The van der Waals surface area contributed by atoms with Crippen LogP contribution < -0.4 is 4.31 Å². The third kappa shape index (κ3) is 3.19. The van der Waals surface area contributed by atoms with Crippen molar-refractivity contribution >= 4 is 39.3 Å². The predicted molar refractivity (Wildman–Crippen MR) is 100 cm³/mol. The lowest BCUT2D eigenvalue weighted by Crippen LogP contribution is -2.37. The number of ketones is 1. The van der Waals surface area contributed by atoms with Crippen LogP contribution in [0.5, 0.6) is 0 Å². The number of carbonyl (C=O) groups excluding carboxylic acids is 4. The molecule has 9 nitrogen and oxygen atoms in total. The van der Waals surface area contributed by atoms with Crippen LogP contribution in [0.3, 0.4) is 0 Å². The van der Waals surface area contributed by atoms with E-state index in [-0.39, 0.29) is 17.9 Å². The maximum atomic E-state index is 12.6. The number of imide groups is 2. The summed E-state index contributed by atoms with van der Waals surface area (Å²) in [6, 6.07) is 3.71. The number of urea groups is 1. The molecule has 0 spiro atoms. The first-order valence-corrected chi connectivity index (χ1v) is 10.3. The molecule has 0 saturated carbocycles. The molecule has 2 aliphatic rings. The van der Waals surface area contributed by atoms with E-state index in [2.05, 4.69) is 6.58 Å². The van der Waals surface area contributed by atoms with E-state index in [0.717, 1.165) is 4.90 Å². The van der Waals surface area contributed by atoms with Gasteiger partial charge < -0.3 is 0 Å². The Bertz CT molecular complexity index is 1000. The number of hydrogen-bond acceptors (Lipinski definition) is 6. The monoisotopic (exact) mass is 405 g/mol. The Morgan fingerprint density at radius 2 is 1.86 bits per heavy atom. The van der Waals surface area contributed by atoms with Gasteiger partial charge in [-0.05, 0) is 37.1 Å². The molecule has 0 N–H and O–H groups in total. The van der Waals surface area contributed by atoms with Crippen LogP contribution in [0, 0.1) is 0 Å². The molecule has 1 fully saturated rings. The van der Waals surface area contributed by atoms with Crippen molar-refractivity contribution in [2.45, 2.75) is 13.3 Å². The first kappa shape index (κ1) is 19.7. The van der Waals surface area contributed by atoms with E-state index in [1.54, 1.807) is 19.1 Å². The van der Waals surface area contributed by atoms with Crippen molar-refractivity contribution in [2.75, 3.05) is 29.7 Å². The minimum absolute atomic E-state index is 0.0262. The van der Waals surface area contributed by atoms with Crippen molar-refractivity contribution in [3.63, 3.8) is 0 Å². The van der Waals surface area contributed by atoms with Gasteiger partial charge in [-0.25, -0.2) is 18.1 Å². The number of fused-ring (bicyclic) bond motifs is 1. The number of rotatable bonds is 7. The molecule has 28 heavy (non-hydrogen) atoms. The summed E-state index contributed by atoms with van der Waals surface area (Å²) in [5.41, 5.74) is 1.47. The number of hydrogen-bond donors (Lipinski definition) is 0. The summed E-state index contributed by atoms with van der Waals surface area (Å²) in [6.07, 6.45) is 1.77. The number of anilines is 1. The second kappa shape index (κ2) is 7.19. The SMILES string of the molecule is C=CCN1C(=O)C(=O)N(CC(=O)c2ccc3c(c2)CCN3S(=O)(=O)CC)C1=O. The number of nitrogens with zero attached hydrogens (tertiary/aromatic N) is 3. The van der Waals surface area contributed by atoms with Crippen LogP contribution in [0.2, 0.25) is 0 Å². The average molecular weight is 405 g/mol. The highest BCUT2D eigenvalue weighted by molar-refractivity contribution is 7.92. The van der Waals surface area contributed by atoms with Gasteiger partial charge in [0.2, 0.25) is 10.0 Å². The molecule has 1 aromatic rings. The molecule has 0 aliphatic carbocycles. The number of sulfonamides is 1. The zero-order chi connectivity index (χ0) is 20.6. The summed E-state index contributed by atoms with van der Waals surface area (Å²) >= 11 is 0. The quantitative estimate of drug-likeness (QED) is 0.284. The van der Waals surface area contributed by atoms with Crippen LogP contribution in [0.25, 0.3) is 0 Å². The highest BCUT2D eigenvalue weighted by Crippen LogP contribution is 2.31. The van der Waals surface area contributed by atoms with E-state index < -0.39 is 40.2 Å². The van der Waals surface area contributed by atoms with Crippen molar-refractivity contribution in [1.82, 2.24) is 9.80 Å². The summed E-state index contributed by atoms with van der Waals surface area (Å²) in [6.45, 7) is 4.61. The lowest BCUT2D eigenvalue weighted by atomic mass is 10.0. The van der Waals surface area contributed by atoms with Crippen molar-refractivity contribution in [1.29, 1.82) is 0 Å². The number of amides is 4. The zero-order valence-electron chi connectivity index (χ0n) is 15.3. The molecular formula is C18H19N3O6S. The lowest BCUT2D eigenvalue weighted by Gasteiger charge is -2.18. The molecular weight excluding hydrogens is 386 g/mol. The lowest BCUT2D eigenvalue weighted by molar-refractivity contribution is -0.142. The van der Waals surface area contributed by atoms with Crippen molar-refractivity contribution in [3.8, 4) is 0 Å². The van der Waals surface area contributed by atoms with Gasteiger partial charge in [0.25, 0.3) is 0 Å². The second-order valence-electron chi connectivity index (χ2n) is 6.37. The predicted octanol–water partition coefficient (Wildman–Crippen LogP) is 0.558. The fourth-order valence-electron chi connectivity index (χ4n) is 3.20. The minimum atomic E-state index is -3.40. The Labute approximate surface area is 162 Å². The summed E-state index contributed by atoms with van der Waals surface area (Å²) in [4.78, 5) is 49.9. The molecule has 4 amide bonds. The Morgan fingerprint density at radius 3 is 2.50 bits per heavy atom. The maximum Gasteiger partial charge on any atom is 0.334 e. The smallest absolute Gasteiger partial charge is 0.292 e. The second-order valence-corrected chi connectivity index (χ2v) is 8.55. The Kier molecular flexibility index (Phi) is 5.07. The van der Waals surface area contributed by atoms with Gasteiger partial charge in [0.15, 0.2) is 5.78 Å². The zero-order valence-corrected chi connectivity index (χ0v) is 16.1. The molecule has 0 aromatic heterocycles. The largest absolute Gasteiger partial charge is 0.334 e. The molecule has 10 heteroatoms. The Morgan fingerprint density at radius 1 is 1.18 bits per heavy atom. The van der Waals surface area contributed by atoms with Gasteiger partial charge in [-0.15, -0.1) is 6.58 Å². The number of carbonyl (C=O) groups is 4. The molecule has 0 bridgehead atoms. The van der Waals surface area contributed by atoms with Crippen molar-refractivity contribution < 1.29 is 27.6 Å². The van der Waals surface area contributed by atoms with E-state index in [4.69, 9.17) is 0 Å². The van der Waals surface area contributed by atoms with Gasteiger partial charge in [-0.3, -0.25) is 23.6 Å². The highest BCUT2D eigenvalue weighted by atomic mass is 32.2. The van der Waals surface area contributed by atoms with Gasteiger partial charge in [0.05, 0.1) is 18.0 Å². The van der Waals surface area contributed by atoms with E-state index in [1.807, 2.05) is 0 Å². The molecule has 1 saturated heterocycles. The van der Waals surface area contributed by atoms with Crippen LogP contribution in [-0.4, -0.2) is 67.2 Å². The fourth-order valence-corrected chi connectivity index (χ4v) is 4.36. The van der Waals surface area contributed by atoms with Crippen LogP contribution in [0.1, 0.15) is 22.8 Å². The van der Waals surface area contributed by atoms with Crippen LogP contribution in [0.4, 0.5) is 10.5 Å². The summed E-state index contributed by atoms with van der Waals surface area (Å²) in [7, 11) is -3.40. The van der Waals surface area contributed by atoms with E-state index >= 15 is 0 Å². The summed E-state index contributed by atoms with van der Waals surface area (Å²) in [5.74, 6) is -2.59. The molecule has 0 unspecified atom stereocenters. The summed E-state index contributed by atoms with van der Waals surface area (Å²) < 4.78 is 25.6. The van der Waals surface area contributed by atoms with E-state index in [9.17, 15) is 27.6 Å². The third-order valence-electron chi connectivity index (χ3n) is 4.70. The molecule has 0 radical (unpaired) electrons. The van der Waals surface area contributed by atoms with E-state index in [0.29, 0.717) is 29.1 Å². The van der Waals surface area contributed by atoms with Crippen LogP contribution in [-0.2, 0) is 26.0 Å². The third-order valence-corrected chi connectivity index (χ3v) is 6.48. The minimum Gasteiger partial charge on any atom is -0.292 e. The molecule has 2 aliphatic heterocycles. The molecule has 148 valence electrons.